The monoisotopic (exact) mass is 223 g/mol. The Bertz CT molecular complexity index is 240. The molecule has 0 aliphatic heterocycles. The third-order valence-electron chi connectivity index (χ3n) is 1.34. The van der Waals surface area contributed by atoms with E-state index in [4.69, 9.17) is 4.52 Å². The Morgan fingerprint density at radius 3 is 2.62 bits per heavy atom. The number of nitrogens with zero attached hydrogens (tertiary/aromatic N) is 1. The van der Waals surface area contributed by atoms with Gasteiger partial charge in [-0.05, 0) is 24.7 Å². The number of hydrogen-bond acceptors (Lipinski definition) is 4. The van der Waals surface area contributed by atoms with Crippen molar-refractivity contribution in [2.45, 2.75) is 32.4 Å². The first-order valence-electron chi connectivity index (χ1n) is 4.10. The molecule has 0 fully saturated rings. The van der Waals surface area contributed by atoms with Crippen LogP contribution in [0.1, 0.15) is 27.2 Å². The highest BCUT2D eigenvalue weighted by atomic mass is 32.7. The molecule has 6 heteroatoms. The first-order chi connectivity index (χ1) is 6.08. The molecule has 0 saturated heterocycles. The maximum atomic E-state index is 11.7. The number of carbonyl (C=O) groups excluding carboxylic acids is 1. The van der Waals surface area contributed by atoms with Crippen LogP contribution >= 0.6 is 18.1 Å². The van der Waals surface area contributed by atoms with Gasteiger partial charge in [0.15, 0.2) is 0 Å². The van der Waals surface area contributed by atoms with Gasteiger partial charge in [0.25, 0.3) is 0 Å². The lowest BCUT2D eigenvalue weighted by molar-refractivity contribution is 0.346. The van der Waals surface area contributed by atoms with Crippen LogP contribution in [0.25, 0.3) is 0 Å². The van der Waals surface area contributed by atoms with Gasteiger partial charge in [-0.15, -0.1) is 4.76 Å². The molecule has 0 radical (unpaired) electrons. The fourth-order valence-corrected chi connectivity index (χ4v) is 4.35. The van der Waals surface area contributed by atoms with Crippen molar-refractivity contribution in [2.75, 3.05) is 6.61 Å². The summed E-state index contributed by atoms with van der Waals surface area (Å²) in [5.41, 5.74) is 0. The van der Waals surface area contributed by atoms with Gasteiger partial charge in [0.2, 0.25) is 6.08 Å². The van der Waals surface area contributed by atoms with Crippen molar-refractivity contribution in [3.05, 3.63) is 0 Å². The van der Waals surface area contributed by atoms with Gasteiger partial charge in [-0.25, -0.2) is 4.79 Å². The van der Waals surface area contributed by atoms with Gasteiger partial charge in [0.05, 0.1) is 6.61 Å². The van der Waals surface area contributed by atoms with Crippen molar-refractivity contribution in [1.82, 2.24) is 0 Å². The van der Waals surface area contributed by atoms with Crippen LogP contribution in [0.15, 0.2) is 4.76 Å². The summed E-state index contributed by atoms with van der Waals surface area (Å²) in [6, 6.07) is 0. The number of rotatable bonds is 6. The Morgan fingerprint density at radius 1 is 1.62 bits per heavy atom. The van der Waals surface area contributed by atoms with Gasteiger partial charge in [-0.1, -0.05) is 13.8 Å². The first-order valence-corrected chi connectivity index (χ1v) is 7.16. The lowest BCUT2D eigenvalue weighted by atomic mass is 10.4. The fraction of sp³-hybridized carbons (Fsp3) is 0.857. The van der Waals surface area contributed by atoms with E-state index in [0.29, 0.717) is 0 Å². The molecule has 13 heavy (non-hydrogen) atoms. The molecule has 0 aromatic rings. The zero-order valence-corrected chi connectivity index (χ0v) is 9.73. The normalized spacial score (nSPS) is 17.2. The zero-order valence-electron chi connectivity index (χ0n) is 8.02. The Labute approximate surface area is 82.4 Å². The minimum Gasteiger partial charge on any atom is -0.304 e. The smallest absolute Gasteiger partial charge is 0.304 e. The molecule has 4 nitrogen and oxygen atoms in total. The van der Waals surface area contributed by atoms with E-state index in [2.05, 4.69) is 4.76 Å². The summed E-state index contributed by atoms with van der Waals surface area (Å²) in [5.74, 6) is 0. The van der Waals surface area contributed by atoms with Crippen LogP contribution in [0.2, 0.25) is 0 Å². The van der Waals surface area contributed by atoms with E-state index in [1.54, 1.807) is 6.92 Å². The third-order valence-corrected chi connectivity index (χ3v) is 5.65. The standard InChI is InChI=1S/C7H14NO3PS/c1-4-7(3)13-12(10,8-6-9)11-5-2/h7H,4-5H2,1-3H3. The second-order valence-corrected chi connectivity index (χ2v) is 6.83. The lowest BCUT2D eigenvalue weighted by Crippen LogP contribution is -1.93. The molecule has 76 valence electrons. The zero-order chi connectivity index (χ0) is 10.3. The Kier molecular flexibility index (Phi) is 6.35. The average Bonchev–Trinajstić information content (AvgIpc) is 2.04. The van der Waals surface area contributed by atoms with E-state index >= 15 is 0 Å². The van der Waals surface area contributed by atoms with Crippen LogP contribution < -0.4 is 0 Å². The number of hydrogen-bond donors (Lipinski definition) is 0. The molecule has 2 atom stereocenters. The molecule has 0 aromatic carbocycles. The molecule has 0 aliphatic carbocycles. The summed E-state index contributed by atoms with van der Waals surface area (Å²) >= 11 is 1.10. The predicted molar refractivity (Wildman–Crippen MR) is 54.7 cm³/mol. The average molecular weight is 223 g/mol. The molecule has 0 amide bonds. The van der Waals surface area contributed by atoms with Gasteiger partial charge < -0.3 is 4.52 Å². The summed E-state index contributed by atoms with van der Waals surface area (Å²) in [4.78, 5) is 10.0. The van der Waals surface area contributed by atoms with Crippen LogP contribution in [0.3, 0.4) is 0 Å². The third kappa shape index (κ3) is 5.27. The first kappa shape index (κ1) is 12.9. The molecular formula is C7H14NO3PS. The summed E-state index contributed by atoms with van der Waals surface area (Å²) in [6.45, 7) is 2.71. The summed E-state index contributed by atoms with van der Waals surface area (Å²) in [7, 11) is 0. The van der Waals surface area contributed by atoms with Crippen molar-refractivity contribution >= 4 is 24.2 Å². The highest BCUT2D eigenvalue weighted by Gasteiger charge is 2.25. The summed E-state index contributed by atoms with van der Waals surface area (Å²) < 4.78 is 19.9. The maximum Gasteiger partial charge on any atom is 0.382 e. The lowest BCUT2D eigenvalue weighted by Gasteiger charge is -2.13. The molecule has 0 heterocycles. The molecule has 0 aromatic heterocycles. The highest BCUT2D eigenvalue weighted by molar-refractivity contribution is 8.56. The van der Waals surface area contributed by atoms with Gasteiger partial charge in [-0.3, -0.25) is 4.57 Å². The SMILES string of the molecule is CCOP(=O)(N=C=O)SC(C)CC. The largest absolute Gasteiger partial charge is 0.382 e. The predicted octanol–water partition coefficient (Wildman–Crippen LogP) is 3.00. The van der Waals surface area contributed by atoms with Gasteiger partial charge >= 0.3 is 6.72 Å². The van der Waals surface area contributed by atoms with E-state index < -0.39 is 6.72 Å². The maximum absolute atomic E-state index is 11.7. The van der Waals surface area contributed by atoms with E-state index in [-0.39, 0.29) is 11.9 Å². The minimum atomic E-state index is -3.17. The second kappa shape index (κ2) is 6.39. The molecule has 0 spiro atoms. The van der Waals surface area contributed by atoms with Crippen LogP contribution in [0.4, 0.5) is 0 Å². The highest BCUT2D eigenvalue weighted by Crippen LogP contribution is 2.62. The molecular weight excluding hydrogens is 209 g/mol. The van der Waals surface area contributed by atoms with Crippen LogP contribution in [0.5, 0.6) is 0 Å². The Hall–Kier alpha value is -0.0800. The van der Waals surface area contributed by atoms with E-state index in [9.17, 15) is 9.36 Å². The molecule has 0 saturated carbocycles. The summed E-state index contributed by atoms with van der Waals surface area (Å²) in [6.07, 6.45) is 2.15. The molecule has 0 rings (SSSR count). The van der Waals surface area contributed by atoms with Gasteiger partial charge in [-0.2, -0.15) is 0 Å². The van der Waals surface area contributed by atoms with Crippen LogP contribution in [0, 0.1) is 0 Å². The fourth-order valence-electron chi connectivity index (χ4n) is 0.598. The van der Waals surface area contributed by atoms with Gasteiger partial charge in [0, 0.05) is 5.25 Å². The molecule has 0 bridgehead atoms. The Balaban J connectivity index is 4.41. The second-order valence-electron chi connectivity index (χ2n) is 2.40. The molecule has 0 N–H and O–H groups in total. The minimum absolute atomic E-state index is 0.162. The van der Waals surface area contributed by atoms with Gasteiger partial charge in [0.1, 0.15) is 0 Å². The van der Waals surface area contributed by atoms with E-state index in [1.165, 1.54) is 6.08 Å². The van der Waals surface area contributed by atoms with Crippen molar-refractivity contribution < 1.29 is 13.9 Å². The van der Waals surface area contributed by atoms with E-state index in [0.717, 1.165) is 17.8 Å². The molecule has 0 aliphatic rings. The summed E-state index contributed by atoms with van der Waals surface area (Å²) in [5, 5.41) is 0.162. The van der Waals surface area contributed by atoms with Crippen molar-refractivity contribution in [3.63, 3.8) is 0 Å². The van der Waals surface area contributed by atoms with E-state index in [1.807, 2.05) is 13.8 Å². The van der Waals surface area contributed by atoms with Crippen molar-refractivity contribution in [2.24, 2.45) is 4.76 Å². The Morgan fingerprint density at radius 2 is 2.23 bits per heavy atom. The quantitative estimate of drug-likeness (QED) is 0.394. The van der Waals surface area contributed by atoms with Crippen LogP contribution in [-0.4, -0.2) is 17.9 Å². The van der Waals surface area contributed by atoms with Crippen molar-refractivity contribution in [3.8, 4) is 0 Å². The molecule has 2 unspecified atom stereocenters. The van der Waals surface area contributed by atoms with Crippen LogP contribution in [-0.2, 0) is 13.9 Å². The number of isocyanates is 1. The topological polar surface area (TPSA) is 55.7 Å². The van der Waals surface area contributed by atoms with Crippen molar-refractivity contribution in [1.29, 1.82) is 0 Å².